The molecule has 0 aliphatic carbocycles. The molecule has 3 N–H and O–H groups in total. The number of phosphoric acid groups is 1. The van der Waals surface area contributed by atoms with E-state index in [4.69, 9.17) is 10.3 Å². The van der Waals surface area contributed by atoms with Gasteiger partial charge in [-0.15, -0.1) is 0 Å². The van der Waals surface area contributed by atoms with Crippen molar-refractivity contribution in [3.8, 4) is 0 Å². The fourth-order valence-electron chi connectivity index (χ4n) is 2.26. The van der Waals surface area contributed by atoms with Crippen LogP contribution in [0.15, 0.2) is 47.1 Å². The molecular formula is C18H21N4O6PS. The second-order valence-electron chi connectivity index (χ2n) is 5.85. The molecule has 0 radical (unpaired) electrons. The van der Waals surface area contributed by atoms with Gasteiger partial charge in [-0.3, -0.25) is 23.5 Å². The minimum Gasteiger partial charge on any atom is -0.382 e. The summed E-state index contributed by atoms with van der Waals surface area (Å²) in [6.07, 6.45) is 1.84. The average Bonchev–Trinajstić information content (AvgIpc) is 2.73. The van der Waals surface area contributed by atoms with E-state index in [9.17, 15) is 19.0 Å². The topological polar surface area (TPSA) is 145 Å². The number of phosphoric ester groups is 1. The molecule has 0 saturated carbocycles. The highest BCUT2D eigenvalue weighted by Gasteiger charge is 2.24. The molecule has 12 heteroatoms. The predicted molar refractivity (Wildman–Crippen MR) is 114 cm³/mol. The molecule has 1 unspecified atom stereocenters. The smallest absolute Gasteiger partial charge is 0.382 e. The van der Waals surface area contributed by atoms with E-state index in [1.165, 1.54) is 13.1 Å². The largest absolute Gasteiger partial charge is 0.472 e. The van der Waals surface area contributed by atoms with Gasteiger partial charge in [0.2, 0.25) is 11.5 Å². The highest BCUT2D eigenvalue weighted by Crippen LogP contribution is 2.43. The minimum absolute atomic E-state index is 0.0540. The number of hydrogen-bond acceptors (Lipinski definition) is 9. The summed E-state index contributed by atoms with van der Waals surface area (Å²) in [4.78, 5) is 43.4. The van der Waals surface area contributed by atoms with Gasteiger partial charge in [0.05, 0.1) is 12.8 Å². The lowest BCUT2D eigenvalue weighted by molar-refractivity contribution is -0.107. The molecule has 1 aromatic carbocycles. The Morgan fingerprint density at radius 3 is 2.60 bits per heavy atom. The third-order valence-electron chi connectivity index (χ3n) is 3.86. The Kier molecular flexibility index (Phi) is 8.27. The Morgan fingerprint density at radius 1 is 1.37 bits per heavy atom. The molecule has 1 amide bonds. The fourth-order valence-corrected chi connectivity index (χ4v) is 3.59. The zero-order valence-corrected chi connectivity index (χ0v) is 18.2. The van der Waals surface area contributed by atoms with Crippen LogP contribution in [0.5, 0.6) is 0 Å². The highest BCUT2D eigenvalue weighted by atomic mass is 32.2. The Bertz CT molecular complexity index is 1000. The first-order chi connectivity index (χ1) is 14.2. The number of nitrogen functional groups attached to an aromatic ring is 1. The number of allylic oxidation sites excluding steroid dienone is 1. The SMILES string of the molecule is COP(=O)(O)OC/C(SC(=O)c1ccccc1)=C(/C)N(C=O)c1cnc(C)nc1N. The van der Waals surface area contributed by atoms with Crippen LogP contribution in [0.3, 0.4) is 0 Å². The van der Waals surface area contributed by atoms with E-state index < -0.39 is 14.4 Å². The van der Waals surface area contributed by atoms with E-state index in [2.05, 4.69) is 14.5 Å². The number of carbonyl (C=O) groups is 2. The number of amides is 1. The molecule has 0 aliphatic rings. The van der Waals surface area contributed by atoms with Crippen LogP contribution in [0.2, 0.25) is 0 Å². The van der Waals surface area contributed by atoms with Gasteiger partial charge in [0.15, 0.2) is 5.82 Å². The number of nitrogens with zero attached hydrogens (tertiary/aromatic N) is 3. The number of aromatic nitrogens is 2. The summed E-state index contributed by atoms with van der Waals surface area (Å²) in [5.41, 5.74) is 6.75. The Balaban J connectivity index is 2.45. The van der Waals surface area contributed by atoms with E-state index in [-0.39, 0.29) is 27.2 Å². The van der Waals surface area contributed by atoms with E-state index in [0.29, 0.717) is 17.8 Å². The molecule has 1 heterocycles. The molecule has 0 bridgehead atoms. The quantitative estimate of drug-likeness (QED) is 0.430. The summed E-state index contributed by atoms with van der Waals surface area (Å²) in [6.45, 7) is 2.71. The standard InChI is InChI=1S/C18H21N4O6PS/c1-12(22(11-23)15-9-20-13(2)21-17(15)19)16(10-28-29(25,26)27-3)30-18(24)14-7-5-4-6-8-14/h4-9,11H,10H2,1-3H3,(H,25,26)(H2,19,20,21)/b16-12+. The van der Waals surface area contributed by atoms with Crippen molar-refractivity contribution in [3.05, 3.63) is 58.5 Å². The van der Waals surface area contributed by atoms with E-state index in [0.717, 1.165) is 23.8 Å². The van der Waals surface area contributed by atoms with Crippen LogP contribution >= 0.6 is 19.6 Å². The normalized spacial score (nSPS) is 13.9. The van der Waals surface area contributed by atoms with Crippen LogP contribution in [-0.2, 0) is 18.4 Å². The molecule has 0 saturated heterocycles. The van der Waals surface area contributed by atoms with Gasteiger partial charge < -0.3 is 10.6 Å². The molecular weight excluding hydrogens is 431 g/mol. The van der Waals surface area contributed by atoms with Crippen molar-refractivity contribution in [3.63, 3.8) is 0 Å². The maximum Gasteiger partial charge on any atom is 0.472 e. The summed E-state index contributed by atoms with van der Waals surface area (Å²) < 4.78 is 21.1. The predicted octanol–water partition coefficient (Wildman–Crippen LogP) is 2.90. The van der Waals surface area contributed by atoms with E-state index in [1.54, 1.807) is 37.3 Å². The molecule has 0 aliphatic heterocycles. The van der Waals surface area contributed by atoms with Crippen molar-refractivity contribution in [2.45, 2.75) is 13.8 Å². The average molecular weight is 452 g/mol. The van der Waals surface area contributed by atoms with Crippen LogP contribution < -0.4 is 10.6 Å². The monoisotopic (exact) mass is 452 g/mol. The molecule has 0 fully saturated rings. The van der Waals surface area contributed by atoms with Gasteiger partial charge in [-0.25, -0.2) is 14.5 Å². The molecule has 1 atom stereocenters. The second kappa shape index (κ2) is 10.5. The Labute approximate surface area is 177 Å². The van der Waals surface area contributed by atoms with Gasteiger partial charge in [-0.05, 0) is 25.6 Å². The summed E-state index contributed by atoms with van der Waals surface area (Å²) in [6, 6.07) is 8.42. The van der Waals surface area contributed by atoms with Crippen molar-refractivity contribution in [1.29, 1.82) is 0 Å². The zero-order valence-electron chi connectivity index (χ0n) is 16.5. The third-order valence-corrected chi connectivity index (χ3v) is 5.86. The number of anilines is 2. The van der Waals surface area contributed by atoms with Crippen LogP contribution in [-0.4, -0.2) is 40.1 Å². The van der Waals surface area contributed by atoms with Crippen LogP contribution in [0.25, 0.3) is 0 Å². The summed E-state index contributed by atoms with van der Waals surface area (Å²) in [5, 5.41) is -0.349. The maximum atomic E-state index is 12.7. The highest BCUT2D eigenvalue weighted by molar-refractivity contribution is 8.17. The molecule has 30 heavy (non-hydrogen) atoms. The van der Waals surface area contributed by atoms with Crippen molar-refractivity contribution >= 4 is 42.6 Å². The van der Waals surface area contributed by atoms with Crippen molar-refractivity contribution in [1.82, 2.24) is 9.97 Å². The molecule has 2 rings (SSSR count). The second-order valence-corrected chi connectivity index (χ2v) is 8.48. The van der Waals surface area contributed by atoms with Gasteiger partial charge >= 0.3 is 7.82 Å². The lowest BCUT2D eigenvalue weighted by Gasteiger charge is -2.22. The lowest BCUT2D eigenvalue weighted by Crippen LogP contribution is -2.23. The van der Waals surface area contributed by atoms with Gasteiger partial charge in [-0.2, -0.15) is 0 Å². The first-order valence-corrected chi connectivity index (χ1v) is 10.8. The first kappa shape index (κ1) is 23.7. The summed E-state index contributed by atoms with van der Waals surface area (Å²) in [7, 11) is -3.31. The van der Waals surface area contributed by atoms with Gasteiger partial charge in [0, 0.05) is 23.3 Å². The van der Waals surface area contributed by atoms with E-state index in [1.807, 2.05) is 0 Å². The first-order valence-electron chi connectivity index (χ1n) is 8.52. The minimum atomic E-state index is -4.32. The van der Waals surface area contributed by atoms with Gasteiger partial charge in [0.25, 0.3) is 0 Å². The number of hydrogen-bond donors (Lipinski definition) is 2. The van der Waals surface area contributed by atoms with Crippen molar-refractivity contribution in [2.75, 3.05) is 24.4 Å². The molecule has 160 valence electrons. The van der Waals surface area contributed by atoms with Crippen LogP contribution in [0.1, 0.15) is 23.1 Å². The number of thioether (sulfide) groups is 1. The number of rotatable bonds is 9. The zero-order chi connectivity index (χ0) is 22.3. The molecule has 2 aromatic rings. The maximum absolute atomic E-state index is 12.7. The fraction of sp³-hybridized carbons (Fsp3) is 0.222. The van der Waals surface area contributed by atoms with Crippen molar-refractivity contribution in [2.24, 2.45) is 0 Å². The number of benzene rings is 1. The van der Waals surface area contributed by atoms with Crippen LogP contribution in [0.4, 0.5) is 11.5 Å². The lowest BCUT2D eigenvalue weighted by atomic mass is 10.2. The summed E-state index contributed by atoms with van der Waals surface area (Å²) >= 11 is 0.750. The van der Waals surface area contributed by atoms with Crippen LogP contribution in [0, 0.1) is 6.92 Å². The molecule has 1 aromatic heterocycles. The number of carbonyl (C=O) groups excluding carboxylic acids is 2. The van der Waals surface area contributed by atoms with Gasteiger partial charge in [0.1, 0.15) is 11.5 Å². The molecule has 10 nitrogen and oxygen atoms in total. The number of nitrogens with two attached hydrogens (primary N) is 1. The van der Waals surface area contributed by atoms with Crippen molar-refractivity contribution < 1.29 is 28.1 Å². The summed E-state index contributed by atoms with van der Waals surface area (Å²) in [5.74, 6) is 0.473. The molecule has 0 spiro atoms. The Hall–Kier alpha value is -2.56. The Morgan fingerprint density at radius 2 is 2.03 bits per heavy atom. The number of aryl methyl sites for hydroxylation is 1. The third kappa shape index (κ3) is 6.22. The van der Waals surface area contributed by atoms with E-state index >= 15 is 0 Å². The van der Waals surface area contributed by atoms with Gasteiger partial charge in [-0.1, -0.05) is 30.3 Å².